The van der Waals surface area contributed by atoms with Crippen molar-refractivity contribution in [2.45, 2.75) is 44.3 Å². The molecule has 1 aromatic carbocycles. The predicted octanol–water partition coefficient (Wildman–Crippen LogP) is 1.82. The summed E-state index contributed by atoms with van der Waals surface area (Å²) in [5.41, 5.74) is 7.06. The van der Waals surface area contributed by atoms with Crippen molar-refractivity contribution in [1.29, 1.82) is 0 Å². The van der Waals surface area contributed by atoms with E-state index in [0.29, 0.717) is 31.1 Å². The molecule has 4 atom stereocenters. The van der Waals surface area contributed by atoms with E-state index in [1.54, 1.807) is 23.5 Å². The van der Waals surface area contributed by atoms with Gasteiger partial charge in [0.05, 0.1) is 6.04 Å². The van der Waals surface area contributed by atoms with E-state index in [-0.39, 0.29) is 11.9 Å². The Kier molecular flexibility index (Phi) is 15.5. The molecule has 182 valence electrons. The Hall–Kier alpha value is -1.26. The van der Waals surface area contributed by atoms with Crippen molar-refractivity contribution in [3.8, 4) is 0 Å². The number of aliphatic carboxylic acids is 1. The van der Waals surface area contributed by atoms with E-state index in [0.717, 1.165) is 30.8 Å². The summed E-state index contributed by atoms with van der Waals surface area (Å²) in [5.74, 6) is 0.784. The van der Waals surface area contributed by atoms with E-state index in [1.807, 2.05) is 36.6 Å². The number of benzene rings is 1. The SMILES string of the molecule is CSCCC(NC(=O)[C@H](Cc1ccccc1)NCC[C@@H](C)CNC[C@H](N)CSC)C(=O)O. The van der Waals surface area contributed by atoms with Crippen LogP contribution in [0.4, 0.5) is 0 Å². The molecule has 0 heterocycles. The van der Waals surface area contributed by atoms with Gasteiger partial charge >= 0.3 is 5.97 Å². The number of carboxylic acids is 1. The number of rotatable bonds is 18. The third-order valence-corrected chi connectivity index (χ3v) is 6.54. The lowest BCUT2D eigenvalue weighted by Crippen LogP contribution is -2.51. The molecule has 1 rings (SSSR count). The van der Waals surface area contributed by atoms with E-state index >= 15 is 0 Å². The lowest BCUT2D eigenvalue weighted by atomic mass is 10.0. The molecule has 1 unspecified atom stereocenters. The van der Waals surface area contributed by atoms with Crippen molar-refractivity contribution in [1.82, 2.24) is 16.0 Å². The van der Waals surface area contributed by atoms with Gasteiger partial charge < -0.3 is 26.8 Å². The zero-order valence-electron chi connectivity index (χ0n) is 19.5. The first-order valence-corrected chi connectivity index (χ1v) is 13.9. The predicted molar refractivity (Wildman–Crippen MR) is 138 cm³/mol. The lowest BCUT2D eigenvalue weighted by Gasteiger charge is -2.22. The van der Waals surface area contributed by atoms with Gasteiger partial charge in [0.15, 0.2) is 0 Å². The Morgan fingerprint density at radius 3 is 2.41 bits per heavy atom. The summed E-state index contributed by atoms with van der Waals surface area (Å²) in [7, 11) is 0. The Labute approximate surface area is 201 Å². The zero-order chi connectivity index (χ0) is 23.8. The Bertz CT molecular complexity index is 651. The number of carbonyl (C=O) groups excluding carboxylic acids is 1. The van der Waals surface area contributed by atoms with Gasteiger partial charge in [-0.15, -0.1) is 0 Å². The number of carbonyl (C=O) groups is 2. The van der Waals surface area contributed by atoms with Crippen LogP contribution in [0.2, 0.25) is 0 Å². The smallest absolute Gasteiger partial charge is 0.326 e. The molecule has 1 amide bonds. The Balaban J connectivity index is 2.60. The highest BCUT2D eigenvalue weighted by molar-refractivity contribution is 7.98. The van der Waals surface area contributed by atoms with Crippen LogP contribution in [0.3, 0.4) is 0 Å². The van der Waals surface area contributed by atoms with Crippen molar-refractivity contribution < 1.29 is 14.7 Å². The standard InChI is InChI=1S/C23H40N4O3S2/c1-17(14-25-15-19(24)16-32-3)9-11-26-21(13-18-7-5-4-6-8-18)22(28)27-20(23(29)30)10-12-31-2/h4-8,17,19-21,25-26H,9-16,24H2,1-3H3,(H,27,28)(H,29,30)/t17-,19+,20?,21+/m1/s1. The van der Waals surface area contributed by atoms with Crippen molar-refractivity contribution >= 4 is 35.4 Å². The summed E-state index contributed by atoms with van der Waals surface area (Å²) in [6.07, 6.45) is 5.79. The second-order valence-electron chi connectivity index (χ2n) is 8.14. The minimum absolute atomic E-state index is 0.155. The van der Waals surface area contributed by atoms with Crippen LogP contribution in [-0.2, 0) is 16.0 Å². The largest absolute Gasteiger partial charge is 0.480 e. The summed E-state index contributed by atoms with van der Waals surface area (Å²) < 4.78 is 0. The molecule has 7 nitrogen and oxygen atoms in total. The summed E-state index contributed by atoms with van der Waals surface area (Å²) in [5, 5.41) is 19.0. The molecule has 0 aromatic heterocycles. The first-order valence-electron chi connectivity index (χ1n) is 11.1. The number of hydrogen-bond acceptors (Lipinski definition) is 7. The quantitative estimate of drug-likeness (QED) is 0.214. The molecule has 32 heavy (non-hydrogen) atoms. The van der Waals surface area contributed by atoms with Crippen LogP contribution in [0.1, 0.15) is 25.3 Å². The molecule has 1 aromatic rings. The maximum atomic E-state index is 12.9. The molecule has 0 saturated carbocycles. The third kappa shape index (κ3) is 12.7. The number of carboxylic acid groups (broad SMARTS) is 1. The highest BCUT2D eigenvalue weighted by Gasteiger charge is 2.25. The fourth-order valence-corrected chi connectivity index (χ4v) is 4.28. The molecular formula is C23H40N4O3S2. The second-order valence-corrected chi connectivity index (χ2v) is 10.0. The fourth-order valence-electron chi connectivity index (χ4n) is 3.27. The van der Waals surface area contributed by atoms with Crippen LogP contribution >= 0.6 is 23.5 Å². The van der Waals surface area contributed by atoms with Crippen LogP contribution in [-0.4, -0.2) is 78.8 Å². The van der Waals surface area contributed by atoms with Crippen molar-refractivity contribution in [2.75, 3.05) is 43.7 Å². The molecule has 0 fully saturated rings. The van der Waals surface area contributed by atoms with Crippen LogP contribution in [0, 0.1) is 5.92 Å². The number of amides is 1. The average molecular weight is 485 g/mol. The topological polar surface area (TPSA) is 116 Å². The summed E-state index contributed by atoms with van der Waals surface area (Å²) >= 11 is 3.32. The average Bonchev–Trinajstić information content (AvgIpc) is 2.76. The van der Waals surface area contributed by atoms with Gasteiger partial charge in [0.1, 0.15) is 6.04 Å². The van der Waals surface area contributed by atoms with Gasteiger partial charge in [-0.25, -0.2) is 4.79 Å². The first-order chi connectivity index (χ1) is 15.4. The second kappa shape index (κ2) is 17.2. The minimum atomic E-state index is -0.995. The molecule has 0 bridgehead atoms. The zero-order valence-corrected chi connectivity index (χ0v) is 21.1. The molecule has 6 N–H and O–H groups in total. The first kappa shape index (κ1) is 28.8. The highest BCUT2D eigenvalue weighted by Crippen LogP contribution is 2.07. The summed E-state index contributed by atoms with van der Waals surface area (Å²) in [4.78, 5) is 24.5. The van der Waals surface area contributed by atoms with E-state index in [9.17, 15) is 14.7 Å². The van der Waals surface area contributed by atoms with Gasteiger partial charge in [-0.2, -0.15) is 23.5 Å². The third-order valence-electron chi connectivity index (χ3n) is 5.13. The maximum absolute atomic E-state index is 12.9. The fraction of sp³-hybridized carbons (Fsp3) is 0.652. The van der Waals surface area contributed by atoms with Gasteiger partial charge in [-0.3, -0.25) is 4.79 Å². The van der Waals surface area contributed by atoms with Gasteiger partial charge in [-0.1, -0.05) is 37.3 Å². The number of nitrogens with one attached hydrogen (secondary N) is 3. The van der Waals surface area contributed by atoms with Crippen LogP contribution in [0.5, 0.6) is 0 Å². The molecular weight excluding hydrogens is 444 g/mol. The van der Waals surface area contributed by atoms with Crippen molar-refractivity contribution in [3.05, 3.63) is 35.9 Å². The van der Waals surface area contributed by atoms with E-state index in [1.165, 1.54) is 0 Å². The number of nitrogens with two attached hydrogens (primary N) is 1. The Morgan fingerprint density at radius 1 is 1.06 bits per heavy atom. The normalized spacial score (nSPS) is 15.0. The molecule has 0 aliphatic rings. The van der Waals surface area contributed by atoms with E-state index in [4.69, 9.17) is 5.73 Å². The van der Waals surface area contributed by atoms with Crippen LogP contribution < -0.4 is 21.7 Å². The van der Waals surface area contributed by atoms with Gasteiger partial charge in [0.25, 0.3) is 0 Å². The minimum Gasteiger partial charge on any atom is -0.480 e. The van der Waals surface area contributed by atoms with Crippen LogP contribution in [0.25, 0.3) is 0 Å². The van der Waals surface area contributed by atoms with E-state index < -0.39 is 18.1 Å². The maximum Gasteiger partial charge on any atom is 0.326 e. The van der Waals surface area contributed by atoms with Crippen molar-refractivity contribution in [2.24, 2.45) is 11.7 Å². The van der Waals surface area contributed by atoms with Crippen LogP contribution in [0.15, 0.2) is 30.3 Å². The Morgan fingerprint density at radius 2 is 1.78 bits per heavy atom. The van der Waals surface area contributed by atoms with E-state index in [2.05, 4.69) is 29.1 Å². The molecule has 0 spiro atoms. The molecule has 0 saturated heterocycles. The molecule has 9 heteroatoms. The van der Waals surface area contributed by atoms with Gasteiger partial charge in [0, 0.05) is 18.3 Å². The van der Waals surface area contributed by atoms with Crippen molar-refractivity contribution in [3.63, 3.8) is 0 Å². The monoisotopic (exact) mass is 484 g/mol. The van der Waals surface area contributed by atoms with Gasteiger partial charge in [-0.05, 0) is 62.1 Å². The molecule has 0 aliphatic carbocycles. The van der Waals surface area contributed by atoms with Gasteiger partial charge in [0.2, 0.25) is 5.91 Å². The summed E-state index contributed by atoms with van der Waals surface area (Å²) in [6, 6.07) is 8.59. The number of thioether (sulfide) groups is 2. The molecule has 0 aliphatic heterocycles. The number of hydrogen-bond donors (Lipinski definition) is 5. The highest BCUT2D eigenvalue weighted by atomic mass is 32.2. The molecule has 0 radical (unpaired) electrons. The lowest BCUT2D eigenvalue weighted by molar-refractivity contribution is -0.142. The summed E-state index contributed by atoms with van der Waals surface area (Å²) in [6.45, 7) is 4.51.